The highest BCUT2D eigenvalue weighted by molar-refractivity contribution is 7.99. The molecule has 0 saturated heterocycles. The van der Waals surface area contributed by atoms with Gasteiger partial charge in [0.1, 0.15) is 17.3 Å². The predicted molar refractivity (Wildman–Crippen MR) is 87.2 cm³/mol. The average Bonchev–Trinajstić information content (AvgIpc) is 2.47. The number of rotatable bonds is 12. The number of hydrogen-bond acceptors (Lipinski definition) is 7. The van der Waals surface area contributed by atoms with E-state index < -0.39 is 23.2 Å². The molecule has 0 radical (unpaired) electrons. The number of carbonyl (C=O) groups excluding carboxylic acids is 1. The molecule has 0 aromatic heterocycles. The minimum Gasteiger partial charge on any atom is -0.508 e. The summed E-state index contributed by atoms with van der Waals surface area (Å²) >= 11 is 1.17. The minimum atomic E-state index is -1.33. The molecular weight excluding hydrogens is 308 g/mol. The highest BCUT2D eigenvalue weighted by Gasteiger charge is 2.22. The Hall–Kier alpha value is -0.800. The molecule has 7 N–H and O–H groups in total. The van der Waals surface area contributed by atoms with E-state index in [1.165, 1.54) is 18.7 Å². The lowest BCUT2D eigenvalue weighted by Gasteiger charge is -2.19. The van der Waals surface area contributed by atoms with Crippen LogP contribution in [0.1, 0.15) is 39.0 Å². The zero-order valence-corrected chi connectivity index (χ0v) is 13.8. The largest absolute Gasteiger partial charge is 0.508 e. The Balaban J connectivity index is 4.54. The van der Waals surface area contributed by atoms with Crippen LogP contribution in [0.25, 0.3) is 0 Å². The molecule has 130 valence electrons. The summed E-state index contributed by atoms with van der Waals surface area (Å²) < 4.78 is 0. The van der Waals surface area contributed by atoms with E-state index >= 15 is 0 Å². The number of nitrogens with two attached hydrogens (primary N) is 1. The first-order valence-electron chi connectivity index (χ1n) is 7.43. The zero-order valence-electron chi connectivity index (χ0n) is 13.0. The minimum absolute atomic E-state index is 0.0780. The molecule has 1 amide bonds. The normalized spacial score (nSPS) is 15.1. The van der Waals surface area contributed by atoms with E-state index in [-0.39, 0.29) is 18.7 Å². The summed E-state index contributed by atoms with van der Waals surface area (Å²) in [6.45, 7) is 1.60. The van der Waals surface area contributed by atoms with Crippen molar-refractivity contribution in [3.63, 3.8) is 0 Å². The molecule has 0 saturated carbocycles. The molecule has 0 aromatic rings. The van der Waals surface area contributed by atoms with Crippen LogP contribution in [0.2, 0.25) is 0 Å². The lowest BCUT2D eigenvalue weighted by Crippen LogP contribution is -2.31. The van der Waals surface area contributed by atoms with Crippen LogP contribution in [0.15, 0.2) is 11.5 Å². The van der Waals surface area contributed by atoms with Crippen molar-refractivity contribution in [2.75, 3.05) is 18.9 Å². The number of nitrogens with one attached hydrogen (secondary N) is 1. The van der Waals surface area contributed by atoms with Crippen molar-refractivity contribution < 1.29 is 25.2 Å². The molecule has 0 spiro atoms. The summed E-state index contributed by atoms with van der Waals surface area (Å²) in [4.78, 5) is 11.2. The molecule has 0 rings (SSSR count). The Morgan fingerprint density at radius 1 is 1.23 bits per heavy atom. The summed E-state index contributed by atoms with van der Waals surface area (Å²) in [5.41, 5.74) is 4.13. The second-order valence-electron chi connectivity index (χ2n) is 4.93. The molecule has 0 aromatic carbocycles. The van der Waals surface area contributed by atoms with Gasteiger partial charge in [0.15, 0.2) is 0 Å². The third-order valence-corrected chi connectivity index (χ3v) is 4.00. The van der Waals surface area contributed by atoms with Crippen molar-refractivity contribution >= 4 is 17.7 Å². The van der Waals surface area contributed by atoms with Crippen molar-refractivity contribution in [3.8, 4) is 0 Å². The fourth-order valence-electron chi connectivity index (χ4n) is 1.76. The standard InChI is InChI=1S/C14H28N2O5S/c1-10(18)16-12(13(20)11(19)6-8-17)14(21)22-9-5-3-2-4-7-15/h11,14,17,19-21H,2-9,15H2,1H3,(H,16,18)/b13-12-. The van der Waals surface area contributed by atoms with Crippen molar-refractivity contribution in [2.24, 2.45) is 5.73 Å². The van der Waals surface area contributed by atoms with Crippen molar-refractivity contribution in [1.82, 2.24) is 5.32 Å². The summed E-state index contributed by atoms with van der Waals surface area (Å²) in [5.74, 6) is -0.328. The molecule has 0 fully saturated rings. The molecule has 0 aliphatic rings. The smallest absolute Gasteiger partial charge is 0.221 e. The average molecular weight is 336 g/mol. The highest BCUT2D eigenvalue weighted by Crippen LogP contribution is 2.21. The van der Waals surface area contributed by atoms with E-state index in [9.17, 15) is 20.1 Å². The maximum absolute atomic E-state index is 11.2. The molecule has 7 nitrogen and oxygen atoms in total. The Labute approximate surface area is 135 Å². The van der Waals surface area contributed by atoms with E-state index in [2.05, 4.69) is 5.32 Å². The summed E-state index contributed by atoms with van der Waals surface area (Å²) in [6.07, 6.45) is 2.47. The Kier molecular flexibility index (Phi) is 12.3. The molecule has 0 aliphatic carbocycles. The first-order chi connectivity index (χ1) is 10.4. The van der Waals surface area contributed by atoms with Crippen molar-refractivity contribution in [1.29, 1.82) is 0 Å². The quantitative estimate of drug-likeness (QED) is 0.170. The van der Waals surface area contributed by atoms with Crippen molar-refractivity contribution in [3.05, 3.63) is 11.5 Å². The number of unbranched alkanes of at least 4 members (excludes halogenated alkanes) is 3. The SMILES string of the molecule is CC(=O)N/C(=C(\O)C(O)CCO)C(O)SCCCCCCN. The fourth-order valence-corrected chi connectivity index (χ4v) is 2.70. The highest BCUT2D eigenvalue weighted by atomic mass is 32.2. The van der Waals surface area contributed by atoms with Gasteiger partial charge in [-0.1, -0.05) is 12.8 Å². The molecular formula is C14H28N2O5S. The molecule has 0 bridgehead atoms. The van der Waals surface area contributed by atoms with Gasteiger partial charge in [-0.25, -0.2) is 0 Å². The third-order valence-electron chi connectivity index (χ3n) is 2.93. The lowest BCUT2D eigenvalue weighted by atomic mass is 10.2. The van der Waals surface area contributed by atoms with Gasteiger partial charge >= 0.3 is 0 Å². The van der Waals surface area contributed by atoms with Gasteiger partial charge in [-0.2, -0.15) is 0 Å². The fraction of sp³-hybridized carbons (Fsp3) is 0.786. The second kappa shape index (κ2) is 12.7. The van der Waals surface area contributed by atoms with E-state index in [0.717, 1.165) is 25.7 Å². The number of thioether (sulfide) groups is 1. The monoisotopic (exact) mass is 336 g/mol. The summed E-state index contributed by atoms with van der Waals surface area (Å²) in [6, 6.07) is 0. The molecule has 2 unspecified atom stereocenters. The Bertz CT molecular complexity index is 352. The van der Waals surface area contributed by atoms with Gasteiger partial charge in [0.2, 0.25) is 5.91 Å². The van der Waals surface area contributed by atoms with Gasteiger partial charge in [-0.15, -0.1) is 11.8 Å². The van der Waals surface area contributed by atoms with Gasteiger partial charge in [0.25, 0.3) is 0 Å². The summed E-state index contributed by atoms with van der Waals surface area (Å²) in [7, 11) is 0. The molecule has 2 atom stereocenters. The number of amides is 1. The molecule has 22 heavy (non-hydrogen) atoms. The maximum atomic E-state index is 11.2. The lowest BCUT2D eigenvalue weighted by molar-refractivity contribution is -0.118. The van der Waals surface area contributed by atoms with E-state index in [1.807, 2.05) is 0 Å². The van der Waals surface area contributed by atoms with Gasteiger partial charge in [0, 0.05) is 20.0 Å². The van der Waals surface area contributed by atoms with E-state index in [1.54, 1.807) is 0 Å². The van der Waals surface area contributed by atoms with Crippen LogP contribution < -0.4 is 11.1 Å². The summed E-state index contributed by atoms with van der Waals surface area (Å²) in [5, 5.41) is 40.8. The van der Waals surface area contributed by atoms with Gasteiger partial charge in [0.05, 0.1) is 5.70 Å². The van der Waals surface area contributed by atoms with Crippen LogP contribution in [-0.2, 0) is 4.79 Å². The van der Waals surface area contributed by atoms with E-state index in [0.29, 0.717) is 12.3 Å². The van der Waals surface area contributed by atoms with Crippen molar-refractivity contribution in [2.45, 2.75) is 50.6 Å². The second-order valence-corrected chi connectivity index (χ2v) is 6.12. The van der Waals surface area contributed by atoms with Crippen LogP contribution >= 0.6 is 11.8 Å². The predicted octanol–water partition coefficient (Wildman–Crippen LogP) is 0.206. The zero-order chi connectivity index (χ0) is 17.0. The first kappa shape index (κ1) is 21.2. The maximum Gasteiger partial charge on any atom is 0.221 e. The van der Waals surface area contributed by atoms with Crippen LogP contribution in [0.3, 0.4) is 0 Å². The topological polar surface area (TPSA) is 136 Å². The Morgan fingerprint density at radius 2 is 1.86 bits per heavy atom. The molecule has 0 heterocycles. The van der Waals surface area contributed by atoms with E-state index in [4.69, 9.17) is 10.8 Å². The number of hydrogen-bond donors (Lipinski definition) is 6. The number of aliphatic hydroxyl groups excluding tert-OH is 4. The van der Waals surface area contributed by atoms with Crippen LogP contribution in [0.5, 0.6) is 0 Å². The van der Waals surface area contributed by atoms with Crippen LogP contribution in [-0.4, -0.2) is 56.8 Å². The van der Waals surface area contributed by atoms with Gasteiger partial charge in [-0.3, -0.25) is 4.79 Å². The van der Waals surface area contributed by atoms with Gasteiger partial charge < -0.3 is 31.5 Å². The van der Waals surface area contributed by atoms with Gasteiger partial charge in [-0.05, 0) is 25.1 Å². The molecule has 0 aliphatic heterocycles. The molecule has 8 heteroatoms. The Morgan fingerprint density at radius 3 is 2.41 bits per heavy atom. The first-order valence-corrected chi connectivity index (χ1v) is 8.48. The number of carbonyl (C=O) groups is 1. The number of aliphatic hydroxyl groups is 4. The third kappa shape index (κ3) is 9.26. The van der Waals surface area contributed by atoms with Crippen LogP contribution in [0, 0.1) is 0 Å². The van der Waals surface area contributed by atoms with Crippen LogP contribution in [0.4, 0.5) is 0 Å².